The fourth-order valence-corrected chi connectivity index (χ4v) is 9.97. The standard InChI is InChI=1S/C18H32Cl3N9O6S3/c19-17(20,21)15-13-11-9-7-5-3-1-2-4-6-8-10-12-14-16-18(37(31,32)28-25-22,38(33,34)29-26-23)39(35,36)30-27-24/h1-16H2. The average Bonchev–Trinajstić information content (AvgIpc) is 2.79. The van der Waals surface area contributed by atoms with Crippen molar-refractivity contribution in [1.29, 1.82) is 0 Å². The van der Waals surface area contributed by atoms with Crippen LogP contribution in [0.15, 0.2) is 13.6 Å². The van der Waals surface area contributed by atoms with Gasteiger partial charge >= 0.3 is 0 Å². The van der Waals surface area contributed by atoms with Gasteiger partial charge in [-0.25, -0.2) is 25.3 Å². The van der Waals surface area contributed by atoms with Gasteiger partial charge in [-0.3, -0.25) is 0 Å². The summed E-state index contributed by atoms with van der Waals surface area (Å²) in [5, 5.41) is 0. The third-order valence-electron chi connectivity index (χ3n) is 5.80. The number of alkyl halides is 3. The Hall–Kier alpha value is -1.35. The molecule has 0 aromatic carbocycles. The second-order valence-electron chi connectivity index (χ2n) is 8.69. The topological polar surface area (TPSA) is 249 Å². The molecule has 0 spiro atoms. The normalized spacial score (nSPS) is 13.9. The summed E-state index contributed by atoms with van der Waals surface area (Å²) >= 11 is 17.1. The summed E-state index contributed by atoms with van der Waals surface area (Å²) in [4.78, 5) is 5.93. The van der Waals surface area contributed by atoms with E-state index in [0.717, 1.165) is 70.6 Å². The fraction of sp³-hybridized carbons (Fsp3) is 1.00. The molecule has 224 valence electrons. The summed E-state index contributed by atoms with van der Waals surface area (Å²) in [6.07, 6.45) is 10.9. The largest absolute Gasteiger partial charge is 0.294 e. The number of halogens is 3. The zero-order chi connectivity index (χ0) is 30.1. The van der Waals surface area contributed by atoms with E-state index in [4.69, 9.17) is 51.4 Å². The number of hydrogen-bond donors (Lipinski definition) is 0. The van der Waals surface area contributed by atoms with Crippen LogP contribution in [0, 0.1) is 0 Å². The first-order chi connectivity index (χ1) is 18.1. The van der Waals surface area contributed by atoms with Crippen molar-refractivity contribution < 1.29 is 25.3 Å². The molecule has 0 saturated carbocycles. The second-order valence-corrected chi connectivity index (χ2v) is 17.4. The first-order valence-corrected chi connectivity index (χ1v) is 17.6. The molecule has 0 aromatic heterocycles. The van der Waals surface area contributed by atoms with Gasteiger partial charge in [-0.1, -0.05) is 112 Å². The Morgan fingerprint density at radius 3 is 0.923 bits per heavy atom. The van der Waals surface area contributed by atoms with Crippen LogP contribution in [0.3, 0.4) is 0 Å². The highest BCUT2D eigenvalue weighted by Crippen LogP contribution is 2.40. The lowest BCUT2D eigenvalue weighted by Gasteiger charge is -2.26. The first-order valence-electron chi connectivity index (χ1n) is 12.1. The van der Waals surface area contributed by atoms with Crippen molar-refractivity contribution >= 4 is 64.9 Å². The summed E-state index contributed by atoms with van der Waals surface area (Å²) in [6, 6.07) is 0. The lowest BCUT2D eigenvalue weighted by molar-refractivity contribution is 0.515. The molecule has 15 nitrogen and oxygen atoms in total. The molecule has 0 aliphatic rings. The first kappa shape index (κ1) is 37.6. The predicted molar refractivity (Wildman–Crippen MR) is 151 cm³/mol. The molecule has 39 heavy (non-hydrogen) atoms. The monoisotopic (exact) mass is 671 g/mol. The molecule has 0 fully saturated rings. The van der Waals surface area contributed by atoms with Crippen molar-refractivity contribution in [2.45, 2.75) is 110 Å². The average molecular weight is 673 g/mol. The highest BCUT2D eigenvalue weighted by molar-refractivity contribution is 8.24. The van der Waals surface area contributed by atoms with Crippen LogP contribution >= 0.6 is 34.8 Å². The van der Waals surface area contributed by atoms with E-state index in [1.54, 1.807) is 0 Å². The summed E-state index contributed by atoms with van der Waals surface area (Å²) in [5.41, 5.74) is 25.7. The minimum atomic E-state index is -5.73. The van der Waals surface area contributed by atoms with Crippen LogP contribution in [0.2, 0.25) is 0 Å². The lowest BCUT2D eigenvalue weighted by atomic mass is 10.0. The Morgan fingerprint density at radius 2 is 0.692 bits per heavy atom. The van der Waals surface area contributed by atoms with Crippen molar-refractivity contribution in [1.82, 2.24) is 0 Å². The lowest BCUT2D eigenvalue weighted by Crippen LogP contribution is -2.50. The molecule has 0 rings (SSSR count). The summed E-state index contributed by atoms with van der Waals surface area (Å²) in [6.45, 7) is 0. The van der Waals surface area contributed by atoms with Crippen LogP contribution in [0.1, 0.15) is 103 Å². The van der Waals surface area contributed by atoms with Crippen LogP contribution in [0.5, 0.6) is 0 Å². The third-order valence-corrected chi connectivity index (χ3v) is 14.0. The maximum Gasteiger partial charge on any atom is 0.294 e. The number of hydrogen-bond acceptors (Lipinski definition) is 6. The Labute approximate surface area is 244 Å². The molecular formula is C18H32Cl3N9O6S3. The Kier molecular flexibility index (Phi) is 17.5. The number of rotatable bonds is 22. The van der Waals surface area contributed by atoms with Gasteiger partial charge in [0.25, 0.3) is 33.5 Å². The molecule has 0 aliphatic carbocycles. The molecule has 0 radical (unpaired) electrons. The van der Waals surface area contributed by atoms with E-state index in [-0.39, 0.29) is 12.8 Å². The third kappa shape index (κ3) is 12.8. The van der Waals surface area contributed by atoms with E-state index in [1.165, 1.54) is 0 Å². The Morgan fingerprint density at radius 1 is 0.462 bits per heavy atom. The van der Waals surface area contributed by atoms with Crippen LogP contribution in [-0.2, 0) is 30.1 Å². The molecule has 0 saturated heterocycles. The SMILES string of the molecule is [N-]=[N+]=NS(=O)(=O)C(CCCCCCCCCCCCCCCCC(Cl)(Cl)Cl)(S(=O)(=O)N=[N+]=[N-])S(=O)(=O)N=[N+]=[N-]. The minimum absolute atomic E-state index is 0.212. The molecule has 0 atom stereocenters. The molecule has 0 unspecified atom stereocenters. The van der Waals surface area contributed by atoms with Gasteiger partial charge in [0.15, 0.2) is 3.79 Å². The summed E-state index contributed by atoms with van der Waals surface area (Å²) in [7, 11) is -17.2. The van der Waals surface area contributed by atoms with Gasteiger partial charge in [0.2, 0.25) is 0 Å². The van der Waals surface area contributed by atoms with Crippen LogP contribution < -0.4 is 0 Å². The zero-order valence-electron chi connectivity index (χ0n) is 21.1. The fourth-order valence-electron chi connectivity index (χ4n) is 3.91. The predicted octanol–water partition coefficient (Wildman–Crippen LogP) is 8.17. The van der Waals surface area contributed by atoms with Gasteiger partial charge in [0.1, 0.15) is 0 Å². The number of nitrogens with zero attached hydrogens (tertiary/aromatic N) is 9. The van der Waals surface area contributed by atoms with Crippen LogP contribution in [0.4, 0.5) is 0 Å². The zero-order valence-corrected chi connectivity index (χ0v) is 25.9. The van der Waals surface area contributed by atoms with Crippen molar-refractivity contribution in [3.8, 4) is 0 Å². The highest BCUT2D eigenvalue weighted by atomic mass is 35.6. The van der Waals surface area contributed by atoms with Gasteiger partial charge in [-0.15, -0.1) is 0 Å². The van der Waals surface area contributed by atoms with Crippen molar-refractivity contribution in [2.75, 3.05) is 0 Å². The number of unbranched alkanes of at least 4 members (excludes halogenated alkanes) is 13. The molecule has 0 aromatic rings. The van der Waals surface area contributed by atoms with Gasteiger partial charge in [-0.05, 0) is 42.3 Å². The molecule has 21 heteroatoms. The van der Waals surface area contributed by atoms with Crippen molar-refractivity contribution in [3.63, 3.8) is 0 Å². The van der Waals surface area contributed by atoms with Crippen LogP contribution in [-0.4, -0.2) is 32.5 Å². The molecule has 0 N–H and O–H groups in total. The molecule has 0 aliphatic heterocycles. The van der Waals surface area contributed by atoms with E-state index in [2.05, 4.69) is 13.6 Å². The molecular weight excluding hydrogens is 641 g/mol. The summed E-state index contributed by atoms with van der Waals surface area (Å²) < 4.78 is 77.1. The van der Waals surface area contributed by atoms with Gasteiger partial charge in [0, 0.05) is 28.3 Å². The summed E-state index contributed by atoms with van der Waals surface area (Å²) in [5.74, 6) is 0. The number of sulfonamides is 3. The van der Waals surface area contributed by atoms with E-state index >= 15 is 0 Å². The number of azide groups is 3. The molecule has 0 bridgehead atoms. The minimum Gasteiger partial charge on any atom is -0.218 e. The Balaban J connectivity index is 4.73. The Bertz CT molecular complexity index is 1120. The smallest absolute Gasteiger partial charge is 0.218 e. The van der Waals surface area contributed by atoms with Gasteiger partial charge < -0.3 is 0 Å². The quantitative estimate of drug-likeness (QED) is 0.0360. The molecule has 0 heterocycles. The van der Waals surface area contributed by atoms with E-state index < -0.39 is 43.7 Å². The van der Waals surface area contributed by atoms with Gasteiger partial charge in [0.05, 0.1) is 0 Å². The van der Waals surface area contributed by atoms with E-state index in [1.807, 2.05) is 14.7 Å². The maximum absolute atomic E-state index is 12.6. The highest BCUT2D eigenvalue weighted by Gasteiger charge is 2.64. The second kappa shape index (κ2) is 18.2. The van der Waals surface area contributed by atoms with E-state index in [9.17, 15) is 25.3 Å². The molecule has 0 amide bonds. The maximum atomic E-state index is 12.6. The van der Waals surface area contributed by atoms with Crippen molar-refractivity contribution in [2.24, 2.45) is 13.6 Å². The van der Waals surface area contributed by atoms with Crippen LogP contribution in [0.25, 0.3) is 31.3 Å². The van der Waals surface area contributed by atoms with Gasteiger partial charge in [-0.2, -0.15) is 0 Å². The van der Waals surface area contributed by atoms with Crippen molar-refractivity contribution in [3.05, 3.63) is 31.3 Å². The van der Waals surface area contributed by atoms with E-state index in [0.29, 0.717) is 12.8 Å².